The molecule has 1 unspecified atom stereocenters. The van der Waals surface area contributed by atoms with Crippen molar-refractivity contribution in [2.45, 2.75) is 38.3 Å². The lowest BCUT2D eigenvalue weighted by molar-refractivity contribution is 0.0730. The van der Waals surface area contributed by atoms with Gasteiger partial charge in [-0.3, -0.25) is 4.79 Å². The number of carbonyl (C=O) groups excluding carboxylic acids is 1. The summed E-state index contributed by atoms with van der Waals surface area (Å²) in [4.78, 5) is 18.1. The number of allylic oxidation sites excluding steroid dienone is 1. The molecule has 1 fully saturated rings. The Morgan fingerprint density at radius 2 is 2.10 bits per heavy atom. The van der Waals surface area contributed by atoms with Gasteiger partial charge in [0.25, 0.3) is 5.91 Å². The number of nitrogens with one attached hydrogen (secondary N) is 1. The van der Waals surface area contributed by atoms with Gasteiger partial charge in [0, 0.05) is 27.9 Å². The first kappa shape index (κ1) is 20.0. The molecule has 6 heteroatoms. The molecule has 2 aromatic rings. The third kappa shape index (κ3) is 4.49. The quantitative estimate of drug-likeness (QED) is 0.743. The SMILES string of the molecule is COc1ccc(C(=O)N(Cc2cc3c(s2)CCC=C3)CC2CCCN2)cc1OC. The van der Waals surface area contributed by atoms with Gasteiger partial charge in [0.05, 0.1) is 20.8 Å². The van der Waals surface area contributed by atoms with E-state index < -0.39 is 0 Å². The van der Waals surface area contributed by atoms with E-state index >= 15 is 0 Å². The van der Waals surface area contributed by atoms with Crippen LogP contribution in [0.4, 0.5) is 0 Å². The minimum atomic E-state index is 0.0292. The van der Waals surface area contributed by atoms with Crippen LogP contribution < -0.4 is 14.8 Å². The average Bonchev–Trinajstić information content (AvgIpc) is 3.41. The van der Waals surface area contributed by atoms with Gasteiger partial charge in [-0.05, 0) is 62.1 Å². The third-order valence-electron chi connectivity index (χ3n) is 5.60. The van der Waals surface area contributed by atoms with Crippen LogP contribution in [0.25, 0.3) is 6.08 Å². The summed E-state index contributed by atoms with van der Waals surface area (Å²) in [5, 5.41) is 3.52. The first-order valence-corrected chi connectivity index (χ1v) is 11.0. The van der Waals surface area contributed by atoms with Crippen molar-refractivity contribution in [3.05, 3.63) is 51.2 Å². The molecule has 1 amide bonds. The summed E-state index contributed by atoms with van der Waals surface area (Å²) >= 11 is 1.84. The van der Waals surface area contributed by atoms with Crippen LogP contribution in [0.1, 0.15) is 44.9 Å². The maximum absolute atomic E-state index is 13.4. The highest BCUT2D eigenvalue weighted by atomic mass is 32.1. The number of carbonyl (C=O) groups is 1. The third-order valence-corrected chi connectivity index (χ3v) is 6.79. The zero-order valence-corrected chi connectivity index (χ0v) is 17.9. The highest BCUT2D eigenvalue weighted by Crippen LogP contribution is 2.31. The van der Waals surface area contributed by atoms with E-state index in [1.807, 2.05) is 22.3 Å². The van der Waals surface area contributed by atoms with Gasteiger partial charge in [-0.15, -0.1) is 11.3 Å². The van der Waals surface area contributed by atoms with Gasteiger partial charge in [-0.25, -0.2) is 0 Å². The second-order valence-corrected chi connectivity index (χ2v) is 8.80. The van der Waals surface area contributed by atoms with Gasteiger partial charge in [-0.1, -0.05) is 12.2 Å². The number of aryl methyl sites for hydroxylation is 1. The van der Waals surface area contributed by atoms with Crippen LogP contribution in [0.3, 0.4) is 0 Å². The van der Waals surface area contributed by atoms with E-state index in [1.165, 1.54) is 21.7 Å². The fourth-order valence-electron chi connectivity index (χ4n) is 4.08. The van der Waals surface area contributed by atoms with E-state index in [0.29, 0.717) is 36.2 Å². The molecular weight excluding hydrogens is 384 g/mol. The van der Waals surface area contributed by atoms with E-state index in [1.54, 1.807) is 26.4 Å². The molecule has 0 spiro atoms. The van der Waals surface area contributed by atoms with Gasteiger partial charge in [0.15, 0.2) is 11.5 Å². The van der Waals surface area contributed by atoms with Crippen LogP contribution in [0, 0.1) is 0 Å². The molecule has 4 rings (SSSR count). The summed E-state index contributed by atoms with van der Waals surface area (Å²) in [6.45, 7) is 2.38. The number of hydrogen-bond donors (Lipinski definition) is 1. The monoisotopic (exact) mass is 412 g/mol. The van der Waals surface area contributed by atoms with Gasteiger partial charge in [0.2, 0.25) is 0 Å². The van der Waals surface area contributed by atoms with Crippen LogP contribution in [-0.2, 0) is 13.0 Å². The van der Waals surface area contributed by atoms with Crippen molar-refractivity contribution in [1.29, 1.82) is 0 Å². The average molecular weight is 413 g/mol. The molecular formula is C23H28N2O3S. The van der Waals surface area contributed by atoms with Crippen molar-refractivity contribution < 1.29 is 14.3 Å². The number of ether oxygens (including phenoxy) is 2. The van der Waals surface area contributed by atoms with Crippen molar-refractivity contribution in [2.75, 3.05) is 27.3 Å². The Bertz CT molecular complexity index is 900. The number of rotatable bonds is 7. The Labute approximate surface area is 176 Å². The van der Waals surface area contributed by atoms with Gasteiger partial charge in [0.1, 0.15) is 0 Å². The van der Waals surface area contributed by atoms with Gasteiger partial charge >= 0.3 is 0 Å². The first-order chi connectivity index (χ1) is 14.2. The summed E-state index contributed by atoms with van der Waals surface area (Å²) in [6, 6.07) is 7.99. The standard InChI is InChI=1S/C23H28N2O3S/c1-27-20-10-9-17(13-21(20)28-2)23(26)25(14-18-7-5-11-24-18)15-19-12-16-6-3-4-8-22(16)29-19/h3,6,9-10,12-13,18,24H,4-5,7-8,11,14-15H2,1-2H3. The maximum atomic E-state index is 13.4. The second kappa shape index (κ2) is 9.01. The second-order valence-electron chi connectivity index (χ2n) is 7.58. The Kier molecular flexibility index (Phi) is 6.21. The molecule has 154 valence electrons. The number of fused-ring (bicyclic) bond motifs is 1. The summed E-state index contributed by atoms with van der Waals surface area (Å²) in [5.41, 5.74) is 1.94. The fraction of sp³-hybridized carbons (Fsp3) is 0.435. The lowest BCUT2D eigenvalue weighted by atomic mass is 10.1. The van der Waals surface area contributed by atoms with Gasteiger partial charge in [-0.2, -0.15) is 0 Å². The van der Waals surface area contributed by atoms with Crippen molar-refractivity contribution >= 4 is 23.3 Å². The van der Waals surface area contributed by atoms with Crippen LogP contribution in [0.5, 0.6) is 11.5 Å². The number of nitrogens with zero attached hydrogens (tertiary/aromatic N) is 1. The summed E-state index contributed by atoms with van der Waals surface area (Å²) in [7, 11) is 3.19. The highest BCUT2D eigenvalue weighted by molar-refractivity contribution is 7.12. The molecule has 2 heterocycles. The Hall–Kier alpha value is -2.31. The maximum Gasteiger partial charge on any atom is 0.254 e. The fourth-order valence-corrected chi connectivity index (χ4v) is 5.26. The largest absolute Gasteiger partial charge is 0.493 e. The van der Waals surface area contributed by atoms with Crippen molar-refractivity contribution in [3.8, 4) is 11.5 Å². The Morgan fingerprint density at radius 3 is 2.83 bits per heavy atom. The molecule has 1 atom stereocenters. The number of amides is 1. The molecule has 1 saturated heterocycles. The highest BCUT2D eigenvalue weighted by Gasteiger charge is 2.24. The zero-order chi connectivity index (χ0) is 20.2. The molecule has 2 aliphatic rings. The molecule has 29 heavy (non-hydrogen) atoms. The molecule has 1 N–H and O–H groups in total. The summed E-state index contributed by atoms with van der Waals surface area (Å²) in [6.07, 6.45) is 8.92. The van der Waals surface area contributed by atoms with E-state index in [0.717, 1.165) is 25.8 Å². The lowest BCUT2D eigenvalue weighted by Gasteiger charge is -2.26. The Morgan fingerprint density at radius 1 is 1.24 bits per heavy atom. The minimum absolute atomic E-state index is 0.0292. The minimum Gasteiger partial charge on any atom is -0.493 e. The normalized spacial score (nSPS) is 17.8. The zero-order valence-electron chi connectivity index (χ0n) is 17.1. The predicted molar refractivity (Wildman–Crippen MR) is 117 cm³/mol. The van der Waals surface area contributed by atoms with Crippen molar-refractivity contribution in [3.63, 3.8) is 0 Å². The number of hydrogen-bond acceptors (Lipinski definition) is 5. The molecule has 1 aliphatic carbocycles. The number of benzene rings is 1. The van der Waals surface area contributed by atoms with E-state index in [2.05, 4.69) is 23.5 Å². The predicted octanol–water partition coefficient (Wildman–Crippen LogP) is 4.12. The lowest BCUT2D eigenvalue weighted by Crippen LogP contribution is -2.40. The van der Waals surface area contributed by atoms with Crippen LogP contribution >= 0.6 is 11.3 Å². The summed E-state index contributed by atoms with van der Waals surface area (Å²) in [5.74, 6) is 1.24. The van der Waals surface area contributed by atoms with Crippen LogP contribution in [0.15, 0.2) is 30.3 Å². The van der Waals surface area contributed by atoms with Crippen LogP contribution in [-0.4, -0.2) is 44.2 Å². The van der Waals surface area contributed by atoms with E-state index in [9.17, 15) is 4.79 Å². The Balaban J connectivity index is 1.58. The van der Waals surface area contributed by atoms with Crippen molar-refractivity contribution in [1.82, 2.24) is 10.2 Å². The molecule has 5 nitrogen and oxygen atoms in total. The topological polar surface area (TPSA) is 50.8 Å². The van der Waals surface area contributed by atoms with Gasteiger partial charge < -0.3 is 19.7 Å². The molecule has 1 aromatic carbocycles. The van der Waals surface area contributed by atoms with E-state index in [-0.39, 0.29) is 5.91 Å². The smallest absolute Gasteiger partial charge is 0.254 e. The summed E-state index contributed by atoms with van der Waals surface area (Å²) < 4.78 is 10.7. The first-order valence-electron chi connectivity index (χ1n) is 10.2. The molecule has 1 aromatic heterocycles. The molecule has 0 bridgehead atoms. The van der Waals surface area contributed by atoms with E-state index in [4.69, 9.17) is 9.47 Å². The van der Waals surface area contributed by atoms with Crippen molar-refractivity contribution in [2.24, 2.45) is 0 Å². The molecule has 0 radical (unpaired) electrons. The molecule has 1 aliphatic heterocycles. The number of methoxy groups -OCH3 is 2. The number of thiophene rings is 1. The van der Waals surface area contributed by atoms with Crippen LogP contribution in [0.2, 0.25) is 0 Å². The molecule has 0 saturated carbocycles.